The van der Waals surface area contributed by atoms with E-state index in [1.165, 1.54) is 89.9 Å². The predicted molar refractivity (Wildman–Crippen MR) is 120 cm³/mol. The Kier molecular flexibility index (Phi) is 16.6. The van der Waals surface area contributed by atoms with Crippen LogP contribution in [0.25, 0.3) is 0 Å². The second-order valence-electron chi connectivity index (χ2n) is 8.09. The van der Waals surface area contributed by atoms with Crippen LogP contribution in [-0.4, -0.2) is 12.1 Å². The van der Waals surface area contributed by atoms with E-state index in [2.05, 4.69) is 0 Å². The summed E-state index contributed by atoms with van der Waals surface area (Å²) in [4.78, 5) is 22.1. The Labute approximate surface area is 173 Å². The van der Waals surface area contributed by atoms with Gasteiger partial charge in [-0.15, -0.1) is 0 Å². The third-order valence-electron chi connectivity index (χ3n) is 5.53. The molecule has 1 radical (unpaired) electrons. The smallest absolute Gasteiger partial charge is 0.198 e. The van der Waals surface area contributed by atoms with Gasteiger partial charge >= 0.3 is 0 Å². The fourth-order valence-corrected chi connectivity index (χ4v) is 3.73. The van der Waals surface area contributed by atoms with Crippen molar-refractivity contribution in [3.63, 3.8) is 0 Å². The lowest BCUT2D eigenvalue weighted by Crippen LogP contribution is -1.98. The molecule has 0 heterocycles. The fraction of sp³-hybridized carbons (Fsp3) is 0.692. The van der Waals surface area contributed by atoms with Gasteiger partial charge in [-0.3, -0.25) is 9.59 Å². The predicted octanol–water partition coefficient (Wildman–Crippen LogP) is 8.00. The lowest BCUT2D eigenvalue weighted by Gasteiger charge is -2.04. The summed E-state index contributed by atoms with van der Waals surface area (Å²) < 4.78 is 0. The molecule has 2 heteroatoms. The Bertz CT molecular complexity index is 480. The van der Waals surface area contributed by atoms with Crippen LogP contribution >= 0.6 is 0 Å². The zero-order valence-corrected chi connectivity index (χ0v) is 17.9. The van der Waals surface area contributed by atoms with Gasteiger partial charge in [0.25, 0.3) is 0 Å². The van der Waals surface area contributed by atoms with Crippen LogP contribution in [0.2, 0.25) is 0 Å². The lowest BCUT2D eigenvalue weighted by molar-refractivity contribution is 0.0979. The molecule has 0 amide bonds. The molecule has 0 fully saturated rings. The highest BCUT2D eigenvalue weighted by atomic mass is 16.1. The van der Waals surface area contributed by atoms with Crippen molar-refractivity contribution in [2.45, 2.75) is 116 Å². The SMILES string of the molecule is O=[C]CCCCCCCCCCCCCCCCCCC(=O)c1ccccc1. The minimum absolute atomic E-state index is 0.289. The van der Waals surface area contributed by atoms with Gasteiger partial charge in [-0.05, 0) is 12.8 Å². The highest BCUT2D eigenvalue weighted by Crippen LogP contribution is 2.15. The molecule has 0 spiro atoms. The minimum Gasteiger partial charge on any atom is -0.294 e. The van der Waals surface area contributed by atoms with E-state index in [0.29, 0.717) is 12.8 Å². The van der Waals surface area contributed by atoms with Crippen LogP contribution in [0.3, 0.4) is 0 Å². The zero-order valence-electron chi connectivity index (χ0n) is 17.9. The van der Waals surface area contributed by atoms with E-state index in [4.69, 9.17) is 0 Å². The van der Waals surface area contributed by atoms with Gasteiger partial charge in [-0.25, -0.2) is 0 Å². The molecule has 0 aliphatic carbocycles. The summed E-state index contributed by atoms with van der Waals surface area (Å²) in [6, 6.07) is 9.66. The molecular formula is C26H41O2. The Balaban J connectivity index is 1.74. The van der Waals surface area contributed by atoms with Gasteiger partial charge in [0.1, 0.15) is 0 Å². The van der Waals surface area contributed by atoms with Crippen molar-refractivity contribution in [2.24, 2.45) is 0 Å². The highest BCUT2D eigenvalue weighted by molar-refractivity contribution is 5.95. The third-order valence-corrected chi connectivity index (χ3v) is 5.53. The van der Waals surface area contributed by atoms with E-state index in [1.807, 2.05) is 36.6 Å². The molecule has 157 valence electrons. The van der Waals surface area contributed by atoms with E-state index in [0.717, 1.165) is 18.4 Å². The van der Waals surface area contributed by atoms with Gasteiger partial charge < -0.3 is 0 Å². The number of carbonyl (C=O) groups excluding carboxylic acids is 2. The van der Waals surface area contributed by atoms with Gasteiger partial charge in [0.2, 0.25) is 0 Å². The molecule has 0 atom stereocenters. The van der Waals surface area contributed by atoms with Crippen LogP contribution in [0.1, 0.15) is 126 Å². The van der Waals surface area contributed by atoms with Crippen LogP contribution in [0.15, 0.2) is 30.3 Å². The molecule has 1 rings (SSSR count). The summed E-state index contributed by atoms with van der Waals surface area (Å²) >= 11 is 0. The Hall–Kier alpha value is -1.44. The fourth-order valence-electron chi connectivity index (χ4n) is 3.73. The number of hydrogen-bond donors (Lipinski definition) is 0. The molecule has 0 aliphatic heterocycles. The second kappa shape index (κ2) is 18.9. The molecule has 0 N–H and O–H groups in total. The maximum atomic E-state index is 12.0. The number of hydrogen-bond acceptors (Lipinski definition) is 2. The molecule has 2 nitrogen and oxygen atoms in total. The number of ketones is 1. The number of carbonyl (C=O) groups is 1. The van der Waals surface area contributed by atoms with E-state index in [-0.39, 0.29) is 5.78 Å². The first-order chi connectivity index (χ1) is 13.8. The van der Waals surface area contributed by atoms with E-state index in [1.54, 1.807) is 0 Å². The topological polar surface area (TPSA) is 34.1 Å². The maximum Gasteiger partial charge on any atom is 0.198 e. The first-order valence-corrected chi connectivity index (χ1v) is 11.8. The van der Waals surface area contributed by atoms with Crippen LogP contribution in [0.5, 0.6) is 0 Å². The number of Topliss-reactive ketones (excluding diaryl/α,β-unsaturated/α-hetero) is 1. The molecular weight excluding hydrogens is 344 g/mol. The normalized spacial score (nSPS) is 10.9. The monoisotopic (exact) mass is 385 g/mol. The van der Waals surface area contributed by atoms with Crippen molar-refractivity contribution in [2.75, 3.05) is 0 Å². The quantitative estimate of drug-likeness (QED) is 0.168. The Morgan fingerprint density at radius 1 is 0.571 bits per heavy atom. The van der Waals surface area contributed by atoms with E-state index < -0.39 is 0 Å². The van der Waals surface area contributed by atoms with E-state index >= 15 is 0 Å². The molecule has 28 heavy (non-hydrogen) atoms. The van der Waals surface area contributed by atoms with Crippen molar-refractivity contribution in [3.8, 4) is 0 Å². The number of rotatable bonds is 20. The molecule has 0 aromatic heterocycles. The number of benzene rings is 1. The summed E-state index contributed by atoms with van der Waals surface area (Å²) in [7, 11) is 0. The van der Waals surface area contributed by atoms with Crippen LogP contribution in [0.4, 0.5) is 0 Å². The van der Waals surface area contributed by atoms with Crippen molar-refractivity contribution in [1.82, 2.24) is 0 Å². The minimum atomic E-state index is 0.289. The van der Waals surface area contributed by atoms with Gasteiger partial charge in [0.15, 0.2) is 12.1 Å². The van der Waals surface area contributed by atoms with Crippen molar-refractivity contribution in [1.29, 1.82) is 0 Å². The first kappa shape index (κ1) is 24.6. The van der Waals surface area contributed by atoms with Gasteiger partial charge in [-0.1, -0.05) is 120 Å². The molecule has 1 aromatic carbocycles. The molecule has 0 saturated heterocycles. The third kappa shape index (κ3) is 14.6. The van der Waals surface area contributed by atoms with Gasteiger partial charge in [0, 0.05) is 18.4 Å². The van der Waals surface area contributed by atoms with Crippen LogP contribution in [0, 0.1) is 0 Å². The summed E-state index contributed by atoms with van der Waals surface area (Å²) in [5.74, 6) is 0.289. The summed E-state index contributed by atoms with van der Waals surface area (Å²) in [5, 5.41) is 0. The van der Waals surface area contributed by atoms with Crippen molar-refractivity contribution in [3.05, 3.63) is 35.9 Å². The molecule has 1 aromatic rings. The standard InChI is InChI=1S/C26H41O2/c27-24-20-15-13-11-9-7-5-3-1-2-4-6-8-10-12-14-19-23-26(28)25-21-17-16-18-22-25/h16-18,21-22H,1-15,19-20,23H2. The van der Waals surface area contributed by atoms with E-state index in [9.17, 15) is 9.59 Å². The largest absolute Gasteiger partial charge is 0.294 e. The Morgan fingerprint density at radius 2 is 0.964 bits per heavy atom. The van der Waals surface area contributed by atoms with Gasteiger partial charge in [0.05, 0.1) is 0 Å². The first-order valence-electron chi connectivity index (χ1n) is 11.8. The Morgan fingerprint density at radius 3 is 1.39 bits per heavy atom. The second-order valence-corrected chi connectivity index (χ2v) is 8.09. The van der Waals surface area contributed by atoms with Crippen molar-refractivity contribution >= 4 is 12.1 Å². The summed E-state index contributed by atoms with van der Waals surface area (Å²) in [5.41, 5.74) is 0.857. The number of unbranched alkanes of at least 4 members (excludes halogenated alkanes) is 16. The maximum absolute atomic E-state index is 12.0. The van der Waals surface area contributed by atoms with Gasteiger partial charge in [-0.2, -0.15) is 0 Å². The molecule has 0 aliphatic rings. The highest BCUT2D eigenvalue weighted by Gasteiger charge is 2.04. The molecule has 0 unspecified atom stereocenters. The average molecular weight is 386 g/mol. The van der Waals surface area contributed by atoms with Crippen molar-refractivity contribution < 1.29 is 9.59 Å². The molecule has 0 saturated carbocycles. The average Bonchev–Trinajstić information content (AvgIpc) is 2.73. The van der Waals surface area contributed by atoms with Crippen LogP contribution in [-0.2, 0) is 4.79 Å². The zero-order chi connectivity index (χ0) is 20.1. The lowest BCUT2D eigenvalue weighted by atomic mass is 10.0. The molecule has 0 bridgehead atoms. The van der Waals surface area contributed by atoms with Crippen LogP contribution < -0.4 is 0 Å². The summed E-state index contributed by atoms with van der Waals surface area (Å²) in [6.07, 6.45) is 23.9. The summed E-state index contributed by atoms with van der Waals surface area (Å²) in [6.45, 7) is 0.